The Hall–Kier alpha value is -1.46. The van der Waals surface area contributed by atoms with E-state index in [-0.39, 0.29) is 18.2 Å². The zero-order chi connectivity index (χ0) is 15.8. The number of carbonyl (C=O) groups is 2. The number of ether oxygens (including phenoxy) is 1. The third-order valence-corrected chi connectivity index (χ3v) is 4.70. The van der Waals surface area contributed by atoms with E-state index in [0.29, 0.717) is 19.1 Å². The first-order valence-electron chi connectivity index (χ1n) is 8.59. The van der Waals surface area contributed by atoms with Crippen LogP contribution in [0.2, 0.25) is 0 Å². The molecule has 1 saturated heterocycles. The molecule has 1 aliphatic carbocycles. The molecule has 3 amide bonds. The van der Waals surface area contributed by atoms with Crippen LogP contribution in [0.15, 0.2) is 0 Å². The number of rotatable bonds is 2. The monoisotopic (exact) mass is 311 g/mol. The average Bonchev–Trinajstić information content (AvgIpc) is 2.50. The molecule has 2 N–H and O–H groups in total. The van der Waals surface area contributed by atoms with Gasteiger partial charge in [0.15, 0.2) is 0 Å². The van der Waals surface area contributed by atoms with Gasteiger partial charge in [0.25, 0.3) is 0 Å². The fraction of sp³-hybridized carbons (Fsp3) is 0.875. The van der Waals surface area contributed by atoms with Crippen LogP contribution in [0, 0.1) is 0 Å². The molecule has 0 unspecified atom stereocenters. The lowest BCUT2D eigenvalue weighted by atomic mass is 9.97. The Morgan fingerprint density at radius 2 is 1.36 bits per heavy atom. The van der Waals surface area contributed by atoms with Crippen LogP contribution in [0.25, 0.3) is 0 Å². The van der Waals surface area contributed by atoms with E-state index in [9.17, 15) is 9.59 Å². The van der Waals surface area contributed by atoms with Crippen molar-refractivity contribution < 1.29 is 14.3 Å². The maximum atomic E-state index is 12.1. The second kappa shape index (κ2) is 8.86. The molecule has 126 valence electrons. The number of urea groups is 1. The third kappa shape index (κ3) is 5.39. The van der Waals surface area contributed by atoms with Crippen molar-refractivity contribution in [3.8, 4) is 0 Å². The predicted octanol–water partition coefficient (Wildman–Crippen LogP) is 2.63. The van der Waals surface area contributed by atoms with E-state index in [1.807, 2.05) is 0 Å². The van der Waals surface area contributed by atoms with Gasteiger partial charge in [-0.15, -0.1) is 0 Å². The third-order valence-electron chi connectivity index (χ3n) is 4.70. The molecule has 2 fully saturated rings. The fourth-order valence-corrected chi connectivity index (χ4v) is 3.35. The summed E-state index contributed by atoms with van der Waals surface area (Å²) in [5, 5.41) is 6.17. The standard InChI is InChI=1S/C16H29N3O3/c1-22-16(21)19-11-9-14(10-12-19)18-15(20)17-13-7-5-3-2-4-6-8-13/h13-14H,2-12H2,1H3,(H2,17,18,20). The molecule has 0 spiro atoms. The number of piperidine rings is 1. The molecule has 1 aliphatic heterocycles. The van der Waals surface area contributed by atoms with Crippen molar-refractivity contribution in [2.75, 3.05) is 20.2 Å². The van der Waals surface area contributed by atoms with Crippen molar-refractivity contribution in [2.45, 2.75) is 69.9 Å². The quantitative estimate of drug-likeness (QED) is 0.823. The SMILES string of the molecule is COC(=O)N1CCC(NC(=O)NC2CCCCCCC2)CC1. The summed E-state index contributed by atoms with van der Waals surface area (Å²) in [5.41, 5.74) is 0. The summed E-state index contributed by atoms with van der Waals surface area (Å²) >= 11 is 0. The zero-order valence-electron chi connectivity index (χ0n) is 13.6. The van der Waals surface area contributed by atoms with E-state index in [2.05, 4.69) is 10.6 Å². The molecule has 2 aliphatic rings. The number of nitrogens with zero attached hydrogens (tertiary/aromatic N) is 1. The molecule has 0 radical (unpaired) electrons. The Bertz CT molecular complexity index is 360. The normalized spacial score (nSPS) is 21.6. The van der Waals surface area contributed by atoms with Crippen molar-refractivity contribution >= 4 is 12.1 Å². The number of likely N-dealkylation sites (tertiary alicyclic amines) is 1. The summed E-state index contributed by atoms with van der Waals surface area (Å²) < 4.78 is 4.72. The van der Waals surface area contributed by atoms with E-state index in [4.69, 9.17) is 4.74 Å². The molecule has 0 bridgehead atoms. The summed E-state index contributed by atoms with van der Waals surface area (Å²) in [4.78, 5) is 25.2. The van der Waals surface area contributed by atoms with Crippen molar-refractivity contribution in [1.82, 2.24) is 15.5 Å². The highest BCUT2D eigenvalue weighted by Crippen LogP contribution is 2.17. The van der Waals surface area contributed by atoms with Crippen LogP contribution in [0.3, 0.4) is 0 Å². The molecular weight excluding hydrogens is 282 g/mol. The average molecular weight is 311 g/mol. The van der Waals surface area contributed by atoms with Crippen LogP contribution in [-0.4, -0.2) is 49.3 Å². The van der Waals surface area contributed by atoms with Crippen molar-refractivity contribution in [3.05, 3.63) is 0 Å². The van der Waals surface area contributed by atoms with Crippen LogP contribution >= 0.6 is 0 Å². The maximum absolute atomic E-state index is 12.1. The van der Waals surface area contributed by atoms with E-state index in [0.717, 1.165) is 25.7 Å². The van der Waals surface area contributed by atoms with Gasteiger partial charge < -0.3 is 20.3 Å². The Kier molecular flexibility index (Phi) is 6.80. The molecule has 0 aromatic carbocycles. The van der Waals surface area contributed by atoms with Gasteiger partial charge in [0, 0.05) is 25.2 Å². The van der Waals surface area contributed by atoms with Crippen LogP contribution in [0.5, 0.6) is 0 Å². The molecule has 2 rings (SSSR count). The molecule has 0 atom stereocenters. The van der Waals surface area contributed by atoms with E-state index >= 15 is 0 Å². The number of carbonyl (C=O) groups excluding carboxylic acids is 2. The minimum atomic E-state index is -0.280. The first-order chi connectivity index (χ1) is 10.7. The summed E-state index contributed by atoms with van der Waals surface area (Å²) in [6.45, 7) is 1.28. The Morgan fingerprint density at radius 1 is 0.864 bits per heavy atom. The highest BCUT2D eigenvalue weighted by atomic mass is 16.5. The molecule has 0 aromatic rings. The first-order valence-corrected chi connectivity index (χ1v) is 8.59. The largest absolute Gasteiger partial charge is 0.453 e. The minimum Gasteiger partial charge on any atom is -0.453 e. The topological polar surface area (TPSA) is 70.7 Å². The molecule has 1 saturated carbocycles. The van der Waals surface area contributed by atoms with Crippen LogP contribution in [0.4, 0.5) is 9.59 Å². The van der Waals surface area contributed by atoms with Gasteiger partial charge in [0.05, 0.1) is 7.11 Å². The van der Waals surface area contributed by atoms with Gasteiger partial charge in [-0.3, -0.25) is 0 Å². The summed E-state index contributed by atoms with van der Waals surface area (Å²) in [5.74, 6) is 0. The van der Waals surface area contributed by atoms with E-state index in [1.165, 1.54) is 39.2 Å². The van der Waals surface area contributed by atoms with Crippen molar-refractivity contribution in [1.29, 1.82) is 0 Å². The van der Waals surface area contributed by atoms with E-state index < -0.39 is 0 Å². The van der Waals surface area contributed by atoms with Gasteiger partial charge in [-0.1, -0.05) is 32.1 Å². The second-order valence-corrected chi connectivity index (χ2v) is 6.39. The molecule has 0 aromatic heterocycles. The van der Waals surface area contributed by atoms with E-state index in [1.54, 1.807) is 4.90 Å². The van der Waals surface area contributed by atoms with Gasteiger partial charge in [0.1, 0.15) is 0 Å². The van der Waals surface area contributed by atoms with Crippen LogP contribution < -0.4 is 10.6 Å². The molecule has 22 heavy (non-hydrogen) atoms. The Morgan fingerprint density at radius 3 is 1.91 bits per heavy atom. The maximum Gasteiger partial charge on any atom is 0.409 e. The fourth-order valence-electron chi connectivity index (χ4n) is 3.35. The van der Waals surface area contributed by atoms with Crippen molar-refractivity contribution in [2.24, 2.45) is 0 Å². The molecule has 1 heterocycles. The van der Waals surface area contributed by atoms with Gasteiger partial charge >= 0.3 is 12.1 Å². The minimum absolute atomic E-state index is 0.0536. The Balaban J connectivity index is 1.67. The zero-order valence-corrected chi connectivity index (χ0v) is 13.6. The molecular formula is C16H29N3O3. The Labute approximate surface area is 132 Å². The number of hydrogen-bond donors (Lipinski definition) is 2. The number of methoxy groups -OCH3 is 1. The second-order valence-electron chi connectivity index (χ2n) is 6.39. The molecule has 6 heteroatoms. The van der Waals surface area contributed by atoms with Crippen molar-refractivity contribution in [3.63, 3.8) is 0 Å². The highest BCUT2D eigenvalue weighted by Gasteiger charge is 2.24. The van der Waals surface area contributed by atoms with Gasteiger partial charge in [-0.2, -0.15) is 0 Å². The van der Waals surface area contributed by atoms with Gasteiger partial charge in [-0.25, -0.2) is 9.59 Å². The van der Waals surface area contributed by atoms with Crippen LogP contribution in [-0.2, 0) is 4.74 Å². The number of amides is 3. The van der Waals surface area contributed by atoms with Gasteiger partial charge in [0.2, 0.25) is 0 Å². The smallest absolute Gasteiger partial charge is 0.409 e. The lowest BCUT2D eigenvalue weighted by Gasteiger charge is -2.31. The molecule has 6 nitrogen and oxygen atoms in total. The summed E-state index contributed by atoms with van der Waals surface area (Å²) in [7, 11) is 1.40. The van der Waals surface area contributed by atoms with Gasteiger partial charge in [-0.05, 0) is 25.7 Å². The number of hydrogen-bond acceptors (Lipinski definition) is 3. The van der Waals surface area contributed by atoms with Crippen LogP contribution in [0.1, 0.15) is 57.8 Å². The lowest BCUT2D eigenvalue weighted by molar-refractivity contribution is 0.110. The lowest BCUT2D eigenvalue weighted by Crippen LogP contribution is -2.51. The summed E-state index contributed by atoms with van der Waals surface area (Å²) in [6.07, 6.45) is 9.79. The highest BCUT2D eigenvalue weighted by molar-refractivity contribution is 5.74. The summed E-state index contributed by atoms with van der Waals surface area (Å²) in [6, 6.07) is 0.409. The first kappa shape index (κ1) is 16.9. The number of nitrogens with one attached hydrogen (secondary N) is 2. The predicted molar refractivity (Wildman–Crippen MR) is 84.8 cm³/mol.